The van der Waals surface area contributed by atoms with Crippen LogP contribution in [0.15, 0.2) is 60.7 Å². The molecule has 11 heteroatoms. The van der Waals surface area contributed by atoms with E-state index in [-0.39, 0.29) is 36.0 Å². The summed E-state index contributed by atoms with van der Waals surface area (Å²) in [5, 5.41) is 0. The summed E-state index contributed by atoms with van der Waals surface area (Å²) in [5.74, 6) is 1.03. The van der Waals surface area contributed by atoms with Crippen LogP contribution >= 0.6 is 0 Å². The Morgan fingerprint density at radius 2 is 1.64 bits per heavy atom. The van der Waals surface area contributed by atoms with Crippen LogP contribution in [0.2, 0.25) is 0 Å². The number of hydrogen-bond donors (Lipinski definition) is 0. The van der Waals surface area contributed by atoms with Crippen molar-refractivity contribution in [2.45, 2.75) is 57.5 Å². The van der Waals surface area contributed by atoms with Crippen LogP contribution in [-0.2, 0) is 20.8 Å². The summed E-state index contributed by atoms with van der Waals surface area (Å²) in [4.78, 5) is 29.9. The number of ether oxygens (including phenoxy) is 5. The third kappa shape index (κ3) is 7.70. The van der Waals surface area contributed by atoms with Gasteiger partial charge in [0.05, 0.1) is 45.2 Å². The van der Waals surface area contributed by atoms with Crippen molar-refractivity contribution in [3.8, 4) is 17.8 Å². The van der Waals surface area contributed by atoms with Crippen LogP contribution in [0.3, 0.4) is 0 Å². The number of rotatable bonds is 11. The number of benzene rings is 2. The van der Waals surface area contributed by atoms with Crippen LogP contribution in [0.4, 0.5) is 0 Å². The zero-order valence-corrected chi connectivity index (χ0v) is 27.9. The van der Waals surface area contributed by atoms with Crippen LogP contribution in [-0.4, -0.2) is 121 Å². The van der Waals surface area contributed by atoms with Gasteiger partial charge in [0.25, 0.3) is 5.91 Å². The molecule has 1 amide bonds. The van der Waals surface area contributed by atoms with Crippen LogP contribution < -0.4 is 14.2 Å². The van der Waals surface area contributed by atoms with Crippen molar-refractivity contribution in [3.05, 3.63) is 77.4 Å². The second-order valence-corrected chi connectivity index (χ2v) is 12.6. The van der Waals surface area contributed by atoms with E-state index in [1.54, 1.807) is 7.11 Å². The second-order valence-electron chi connectivity index (χ2n) is 12.6. The third-order valence-electron chi connectivity index (χ3n) is 9.08. The van der Waals surface area contributed by atoms with E-state index in [2.05, 4.69) is 80.4 Å². The van der Waals surface area contributed by atoms with Crippen molar-refractivity contribution >= 4 is 5.91 Å². The molecule has 3 aliphatic heterocycles. The van der Waals surface area contributed by atoms with Crippen LogP contribution in [0, 0.1) is 0 Å². The van der Waals surface area contributed by atoms with Gasteiger partial charge in [-0.3, -0.25) is 14.6 Å². The highest BCUT2D eigenvalue weighted by molar-refractivity contribution is 5.81. The van der Waals surface area contributed by atoms with Gasteiger partial charge in [-0.05, 0) is 31.9 Å². The van der Waals surface area contributed by atoms with E-state index >= 15 is 0 Å². The first-order valence-corrected chi connectivity index (χ1v) is 16.8. The molecule has 0 radical (unpaired) electrons. The first-order chi connectivity index (χ1) is 22.9. The lowest BCUT2D eigenvalue weighted by molar-refractivity contribution is -0.162. The van der Waals surface area contributed by atoms with Gasteiger partial charge >= 0.3 is 6.01 Å². The Kier molecular flexibility index (Phi) is 10.9. The number of hydrogen-bond acceptors (Lipinski definition) is 10. The molecule has 3 atom stereocenters. The molecule has 3 saturated heterocycles. The smallest absolute Gasteiger partial charge is 0.323 e. The maximum atomic E-state index is 13.6. The van der Waals surface area contributed by atoms with E-state index in [0.29, 0.717) is 57.8 Å². The lowest BCUT2D eigenvalue weighted by Gasteiger charge is -2.53. The van der Waals surface area contributed by atoms with E-state index in [9.17, 15) is 4.79 Å². The molecule has 2 unspecified atom stereocenters. The highest BCUT2D eigenvalue weighted by Crippen LogP contribution is 2.38. The van der Waals surface area contributed by atoms with Crippen molar-refractivity contribution < 1.29 is 28.5 Å². The van der Waals surface area contributed by atoms with Crippen LogP contribution in [0.1, 0.15) is 43.4 Å². The SMILES string of the molecule is CCOc1nc(OC)c(CN2CC(C(c3ccccc3)c3ccccc3)N3CCN(C(=O)C4COCCO4)C[C@H]3C2)c(OC(C)C)n1. The summed E-state index contributed by atoms with van der Waals surface area (Å²) in [6.07, 6.45) is -0.648. The molecule has 252 valence electrons. The quantitative estimate of drug-likeness (QED) is 0.308. The number of piperazine rings is 2. The van der Waals surface area contributed by atoms with Crippen molar-refractivity contribution in [3.63, 3.8) is 0 Å². The molecule has 0 saturated carbocycles. The van der Waals surface area contributed by atoms with Crippen molar-refractivity contribution in [2.75, 3.05) is 66.3 Å². The lowest BCUT2D eigenvalue weighted by atomic mass is 9.81. The summed E-state index contributed by atoms with van der Waals surface area (Å²) in [6, 6.07) is 22.0. The predicted molar refractivity (Wildman–Crippen MR) is 177 cm³/mol. The monoisotopic (exact) mass is 645 g/mol. The van der Waals surface area contributed by atoms with Crippen molar-refractivity contribution in [2.24, 2.45) is 0 Å². The number of fused-ring (bicyclic) bond motifs is 1. The maximum Gasteiger partial charge on any atom is 0.323 e. The van der Waals surface area contributed by atoms with Gasteiger partial charge in [-0.1, -0.05) is 60.7 Å². The molecule has 3 fully saturated rings. The molecule has 11 nitrogen and oxygen atoms in total. The Morgan fingerprint density at radius 3 is 2.26 bits per heavy atom. The number of aromatic nitrogens is 2. The van der Waals surface area contributed by atoms with Gasteiger partial charge in [0, 0.05) is 57.3 Å². The summed E-state index contributed by atoms with van der Waals surface area (Å²) in [6.45, 7) is 11.6. The minimum atomic E-state index is -0.548. The molecule has 0 spiro atoms. The average molecular weight is 646 g/mol. The van der Waals surface area contributed by atoms with Gasteiger partial charge in [-0.15, -0.1) is 0 Å². The molecular weight excluding hydrogens is 598 g/mol. The van der Waals surface area contributed by atoms with Gasteiger partial charge in [0.15, 0.2) is 6.10 Å². The first kappa shape index (κ1) is 33.1. The maximum absolute atomic E-state index is 13.6. The van der Waals surface area contributed by atoms with Gasteiger partial charge in [-0.25, -0.2) is 0 Å². The zero-order valence-electron chi connectivity index (χ0n) is 27.9. The molecule has 6 rings (SSSR count). The van der Waals surface area contributed by atoms with E-state index in [1.165, 1.54) is 11.1 Å². The highest BCUT2D eigenvalue weighted by atomic mass is 16.6. The Balaban J connectivity index is 1.36. The second kappa shape index (κ2) is 15.4. The van der Waals surface area contributed by atoms with Gasteiger partial charge < -0.3 is 28.6 Å². The molecule has 0 N–H and O–H groups in total. The van der Waals surface area contributed by atoms with Gasteiger partial charge in [0.2, 0.25) is 11.8 Å². The highest BCUT2D eigenvalue weighted by Gasteiger charge is 2.44. The summed E-state index contributed by atoms with van der Waals surface area (Å²) in [7, 11) is 1.62. The van der Waals surface area contributed by atoms with E-state index in [4.69, 9.17) is 23.7 Å². The van der Waals surface area contributed by atoms with Crippen LogP contribution in [0.5, 0.6) is 17.8 Å². The molecular formula is C36H47N5O6. The molecule has 47 heavy (non-hydrogen) atoms. The fourth-order valence-corrected chi connectivity index (χ4v) is 7.10. The van der Waals surface area contributed by atoms with E-state index in [1.807, 2.05) is 25.7 Å². The Labute approximate surface area is 277 Å². The van der Waals surface area contributed by atoms with Gasteiger partial charge in [-0.2, -0.15) is 9.97 Å². The third-order valence-corrected chi connectivity index (χ3v) is 9.08. The number of nitrogens with zero attached hydrogens (tertiary/aromatic N) is 5. The number of carbonyl (C=O) groups is 1. The Bertz CT molecular complexity index is 1420. The predicted octanol–water partition coefficient (Wildman–Crippen LogP) is 3.62. The number of methoxy groups -OCH3 is 1. The minimum absolute atomic E-state index is 0.00916. The fraction of sp³-hybridized carbons (Fsp3) is 0.528. The van der Waals surface area contributed by atoms with Gasteiger partial charge in [0.1, 0.15) is 0 Å². The minimum Gasteiger partial charge on any atom is -0.481 e. The van der Waals surface area contributed by atoms with Crippen molar-refractivity contribution in [1.82, 2.24) is 24.7 Å². The topological polar surface area (TPSA) is 98.7 Å². The average Bonchev–Trinajstić information content (AvgIpc) is 3.10. The molecule has 0 aliphatic carbocycles. The molecule has 1 aromatic heterocycles. The summed E-state index contributed by atoms with van der Waals surface area (Å²) >= 11 is 0. The first-order valence-electron chi connectivity index (χ1n) is 16.8. The lowest BCUT2D eigenvalue weighted by Crippen LogP contribution is -2.68. The molecule has 3 aliphatic rings. The van der Waals surface area contributed by atoms with Crippen LogP contribution in [0.25, 0.3) is 0 Å². The fourth-order valence-electron chi connectivity index (χ4n) is 7.10. The van der Waals surface area contributed by atoms with E-state index < -0.39 is 6.10 Å². The molecule has 0 bridgehead atoms. The number of amides is 1. The largest absolute Gasteiger partial charge is 0.481 e. The molecule has 3 aromatic rings. The zero-order chi connectivity index (χ0) is 32.8. The standard InChI is InChI=1S/C36H47N5O6/c1-5-45-36-37-33(43-4)29(34(38-36)47-25(2)3)22-39-20-28-21-40(35(42)31-24-44-18-19-46-31)16-17-41(28)30(23-39)32(26-12-8-6-9-13-26)27-14-10-7-11-15-27/h6-15,25,28,30-32H,5,16-24H2,1-4H3/t28-,30?,31?/m1/s1. The Morgan fingerprint density at radius 1 is 0.936 bits per heavy atom. The normalized spacial score (nSPS) is 22.3. The molecule has 4 heterocycles. The number of carbonyl (C=O) groups excluding carboxylic acids is 1. The van der Waals surface area contributed by atoms with Crippen molar-refractivity contribution in [1.29, 1.82) is 0 Å². The molecule has 2 aromatic carbocycles. The Hall–Kier alpha value is -3.77. The summed E-state index contributed by atoms with van der Waals surface area (Å²) < 4.78 is 29.1. The summed E-state index contributed by atoms with van der Waals surface area (Å²) in [5.41, 5.74) is 3.31. The van der Waals surface area contributed by atoms with E-state index in [0.717, 1.165) is 25.2 Å².